The smallest absolute Gasteiger partial charge is 0.140 e. The molecule has 3 aromatic rings. The molecule has 1 aromatic heterocycles. The molecule has 1 aliphatic heterocycles. The Morgan fingerprint density at radius 1 is 1.22 bits per heavy atom. The number of aromatic nitrogens is 1. The zero-order valence-electron chi connectivity index (χ0n) is 15.7. The van der Waals surface area contributed by atoms with Crippen molar-refractivity contribution in [2.24, 2.45) is 0 Å². The Labute approximate surface area is 156 Å². The zero-order valence-corrected chi connectivity index (χ0v) is 15.7. The van der Waals surface area contributed by atoms with Crippen molar-refractivity contribution in [3.63, 3.8) is 0 Å². The Hall–Kier alpha value is -2.44. The van der Waals surface area contributed by atoms with E-state index >= 15 is 8.78 Å². The normalized spacial score (nSPS) is 21.1. The van der Waals surface area contributed by atoms with E-state index in [0.717, 1.165) is 10.9 Å². The number of benzene rings is 2. The first-order valence-corrected chi connectivity index (χ1v) is 8.98. The number of hydrogen-bond donors (Lipinski definition) is 4. The third kappa shape index (κ3) is 2.55. The first kappa shape index (κ1) is 17.9. The molecule has 2 atom stereocenters. The van der Waals surface area contributed by atoms with Crippen molar-refractivity contribution in [3.05, 3.63) is 53.2 Å². The van der Waals surface area contributed by atoms with Crippen molar-refractivity contribution in [2.75, 3.05) is 12.4 Å². The number of nitrogens with one attached hydrogen (secondary N) is 3. The van der Waals surface area contributed by atoms with Crippen LogP contribution in [-0.2, 0) is 0 Å². The van der Waals surface area contributed by atoms with Crippen LogP contribution in [0.1, 0.15) is 31.0 Å². The topological polar surface area (TPSA) is 60.1 Å². The highest BCUT2D eigenvalue weighted by Gasteiger charge is 2.42. The SMILES string of the molecule is CN[C@@H]1c2c(cc(F)c(-c3cccc4c(C)c[nH]c34)c2F)NC(C)(C)[C@H]1O. The number of likely N-dealkylation sites (N-methyl/N-ethyl adjacent to an activating group) is 1. The highest BCUT2D eigenvalue weighted by Crippen LogP contribution is 2.44. The second-order valence-electron chi connectivity index (χ2n) is 7.77. The van der Waals surface area contributed by atoms with Crippen molar-refractivity contribution in [3.8, 4) is 11.1 Å². The fourth-order valence-electron chi connectivity index (χ4n) is 4.09. The van der Waals surface area contributed by atoms with Crippen molar-refractivity contribution in [1.29, 1.82) is 0 Å². The first-order chi connectivity index (χ1) is 12.8. The number of fused-ring (bicyclic) bond motifs is 2. The summed E-state index contributed by atoms with van der Waals surface area (Å²) in [5.74, 6) is -1.30. The fourth-order valence-corrected chi connectivity index (χ4v) is 4.09. The molecule has 0 radical (unpaired) electrons. The predicted octanol–water partition coefficient (Wildman–Crippen LogP) is 4.25. The van der Waals surface area contributed by atoms with Gasteiger partial charge in [0.05, 0.1) is 28.8 Å². The highest BCUT2D eigenvalue weighted by atomic mass is 19.1. The number of hydrogen-bond acceptors (Lipinski definition) is 3. The number of aromatic amines is 1. The summed E-state index contributed by atoms with van der Waals surface area (Å²) in [6.45, 7) is 5.55. The molecule has 4 rings (SSSR count). The Bertz CT molecular complexity index is 1040. The van der Waals surface area contributed by atoms with Gasteiger partial charge in [-0.15, -0.1) is 0 Å². The third-order valence-electron chi connectivity index (χ3n) is 5.58. The van der Waals surface area contributed by atoms with Crippen LogP contribution in [0.25, 0.3) is 22.0 Å². The number of halogens is 2. The number of aryl methyl sites for hydroxylation is 1. The molecule has 2 aromatic carbocycles. The fraction of sp³-hybridized carbons (Fsp3) is 0.333. The summed E-state index contributed by atoms with van der Waals surface area (Å²) in [7, 11) is 1.66. The molecule has 0 saturated carbocycles. The predicted molar refractivity (Wildman–Crippen MR) is 104 cm³/mol. The average Bonchev–Trinajstić information content (AvgIpc) is 2.98. The molecule has 0 aliphatic carbocycles. The summed E-state index contributed by atoms with van der Waals surface area (Å²) in [6.07, 6.45) is 0.943. The van der Waals surface area contributed by atoms with Crippen molar-refractivity contribution in [2.45, 2.75) is 38.5 Å². The van der Waals surface area contributed by atoms with E-state index in [4.69, 9.17) is 0 Å². The van der Waals surface area contributed by atoms with Gasteiger partial charge in [0.25, 0.3) is 0 Å². The number of H-pyrrole nitrogens is 1. The molecule has 142 valence electrons. The van der Waals surface area contributed by atoms with Gasteiger partial charge in [-0.3, -0.25) is 0 Å². The minimum atomic E-state index is -0.883. The molecule has 1 aliphatic rings. The van der Waals surface area contributed by atoms with E-state index in [1.54, 1.807) is 33.0 Å². The summed E-state index contributed by atoms with van der Waals surface area (Å²) in [5.41, 5.74) is 1.97. The van der Waals surface area contributed by atoms with Crippen molar-refractivity contribution in [1.82, 2.24) is 10.3 Å². The summed E-state index contributed by atoms with van der Waals surface area (Å²) in [6, 6.07) is 6.09. The van der Waals surface area contributed by atoms with Gasteiger partial charge in [-0.25, -0.2) is 8.78 Å². The minimum absolute atomic E-state index is 0.0878. The maximum absolute atomic E-state index is 15.7. The van der Waals surface area contributed by atoms with Gasteiger partial charge in [0.1, 0.15) is 11.6 Å². The average molecular weight is 371 g/mol. The van der Waals surface area contributed by atoms with E-state index in [9.17, 15) is 5.11 Å². The summed E-state index contributed by atoms with van der Waals surface area (Å²) in [5, 5.41) is 17.7. The highest BCUT2D eigenvalue weighted by molar-refractivity contribution is 5.96. The minimum Gasteiger partial charge on any atom is -0.389 e. The Morgan fingerprint density at radius 2 is 1.96 bits per heavy atom. The molecule has 0 bridgehead atoms. The molecule has 27 heavy (non-hydrogen) atoms. The lowest BCUT2D eigenvalue weighted by atomic mass is 9.81. The lowest BCUT2D eigenvalue weighted by Crippen LogP contribution is -2.53. The van der Waals surface area contributed by atoms with Gasteiger partial charge < -0.3 is 20.7 Å². The van der Waals surface area contributed by atoms with Gasteiger partial charge in [0.15, 0.2) is 0 Å². The number of aliphatic hydroxyl groups is 1. The number of anilines is 1. The number of aliphatic hydroxyl groups excluding tert-OH is 1. The van der Waals surface area contributed by atoms with Crippen LogP contribution >= 0.6 is 0 Å². The monoisotopic (exact) mass is 371 g/mol. The summed E-state index contributed by atoms with van der Waals surface area (Å²) in [4.78, 5) is 3.12. The Kier molecular flexibility index (Phi) is 4.01. The lowest BCUT2D eigenvalue weighted by Gasteiger charge is -2.43. The van der Waals surface area contributed by atoms with Gasteiger partial charge in [-0.2, -0.15) is 0 Å². The molecule has 0 fully saturated rings. The van der Waals surface area contributed by atoms with Gasteiger partial charge in [0, 0.05) is 28.4 Å². The van der Waals surface area contributed by atoms with Crippen LogP contribution in [0.3, 0.4) is 0 Å². The van der Waals surface area contributed by atoms with Crippen LogP contribution in [0.2, 0.25) is 0 Å². The lowest BCUT2D eigenvalue weighted by molar-refractivity contribution is 0.0701. The van der Waals surface area contributed by atoms with Crippen molar-refractivity contribution < 1.29 is 13.9 Å². The third-order valence-corrected chi connectivity index (χ3v) is 5.58. The standard InChI is InChI=1S/C21H23F2N3O/c1-10-9-25-18-11(10)6-5-7-12(18)15-13(22)8-14-16(17(15)23)19(24-4)20(27)21(2,3)26-14/h5-9,19-20,24-27H,1-4H3/t19-,20+/m1/s1. The molecule has 4 nitrogen and oxygen atoms in total. The molecule has 4 N–H and O–H groups in total. The Morgan fingerprint density at radius 3 is 2.67 bits per heavy atom. The first-order valence-electron chi connectivity index (χ1n) is 8.98. The number of para-hydroxylation sites is 1. The quantitative estimate of drug-likeness (QED) is 0.545. The molecular weight excluding hydrogens is 348 g/mol. The van der Waals surface area contributed by atoms with Crippen LogP contribution in [0, 0.1) is 18.6 Å². The summed E-state index contributed by atoms with van der Waals surface area (Å²) < 4.78 is 30.7. The van der Waals surface area contributed by atoms with E-state index in [2.05, 4.69) is 15.6 Å². The molecule has 0 unspecified atom stereocenters. The zero-order chi connectivity index (χ0) is 19.5. The molecule has 0 amide bonds. The molecule has 6 heteroatoms. The van der Waals surface area contributed by atoms with E-state index in [0.29, 0.717) is 16.8 Å². The summed E-state index contributed by atoms with van der Waals surface area (Å²) >= 11 is 0. The molecule has 0 saturated heterocycles. The molecular formula is C21H23F2N3O. The van der Waals surface area contributed by atoms with Crippen LogP contribution in [0.4, 0.5) is 14.5 Å². The Balaban J connectivity index is 2.01. The van der Waals surface area contributed by atoms with Crippen LogP contribution in [0.15, 0.2) is 30.5 Å². The maximum Gasteiger partial charge on any atom is 0.140 e. The van der Waals surface area contributed by atoms with E-state index < -0.39 is 29.3 Å². The number of rotatable bonds is 2. The van der Waals surface area contributed by atoms with E-state index in [1.165, 1.54) is 6.07 Å². The van der Waals surface area contributed by atoms with Gasteiger partial charge in [-0.05, 0) is 39.4 Å². The van der Waals surface area contributed by atoms with E-state index in [1.807, 2.05) is 19.2 Å². The van der Waals surface area contributed by atoms with Crippen LogP contribution in [0.5, 0.6) is 0 Å². The van der Waals surface area contributed by atoms with Crippen LogP contribution in [-0.4, -0.2) is 28.8 Å². The van der Waals surface area contributed by atoms with Crippen LogP contribution < -0.4 is 10.6 Å². The molecule has 2 heterocycles. The van der Waals surface area contributed by atoms with Gasteiger partial charge in [-0.1, -0.05) is 18.2 Å². The van der Waals surface area contributed by atoms with Gasteiger partial charge >= 0.3 is 0 Å². The second kappa shape index (κ2) is 6.04. The largest absolute Gasteiger partial charge is 0.389 e. The maximum atomic E-state index is 15.7. The van der Waals surface area contributed by atoms with E-state index in [-0.39, 0.29) is 11.1 Å². The van der Waals surface area contributed by atoms with Gasteiger partial charge in [0.2, 0.25) is 0 Å². The second-order valence-corrected chi connectivity index (χ2v) is 7.77. The molecule has 0 spiro atoms. The van der Waals surface area contributed by atoms with Crippen molar-refractivity contribution >= 4 is 16.6 Å².